The van der Waals surface area contributed by atoms with Crippen molar-refractivity contribution >= 4 is 5.78 Å². The van der Waals surface area contributed by atoms with Gasteiger partial charge in [-0.1, -0.05) is 63.9 Å². The van der Waals surface area contributed by atoms with Gasteiger partial charge in [0.05, 0.1) is 6.61 Å². The first-order valence-corrected chi connectivity index (χ1v) is 9.62. The number of benzene rings is 1. The highest BCUT2D eigenvalue weighted by Crippen LogP contribution is 2.29. The number of unbranched alkanes of at least 4 members (excludes halogenated alkanes) is 2. The van der Waals surface area contributed by atoms with Crippen LogP contribution < -0.4 is 0 Å². The third-order valence-corrected chi connectivity index (χ3v) is 5.24. The molecule has 0 heterocycles. The van der Waals surface area contributed by atoms with Crippen molar-refractivity contribution in [2.45, 2.75) is 77.6 Å². The molecule has 3 heteroatoms. The van der Waals surface area contributed by atoms with Gasteiger partial charge >= 0.3 is 0 Å². The summed E-state index contributed by atoms with van der Waals surface area (Å²) in [5.41, 5.74) is 0.908. The van der Waals surface area contributed by atoms with E-state index in [1.807, 2.05) is 18.2 Å². The van der Waals surface area contributed by atoms with Crippen LogP contribution in [-0.4, -0.2) is 29.2 Å². The fraction of sp³-hybridized carbons (Fsp3) is 0.682. The van der Waals surface area contributed by atoms with Crippen molar-refractivity contribution in [2.24, 2.45) is 5.41 Å². The average molecular weight is 349 g/mol. The third kappa shape index (κ3) is 8.15. The molecule has 25 heavy (non-hydrogen) atoms. The monoisotopic (exact) mass is 348 g/mol. The van der Waals surface area contributed by atoms with Crippen LogP contribution in [0.3, 0.4) is 0 Å². The lowest BCUT2D eigenvalue weighted by Crippen LogP contribution is -2.26. The van der Waals surface area contributed by atoms with Crippen LogP contribution in [0.1, 0.15) is 77.7 Å². The maximum Gasteiger partial charge on any atom is 0.132 e. The SMILES string of the molecule is CC(C)(CO)CCCCC(=O)CCCCC(C)(CO)c1ccccc1. The molecule has 0 saturated carbocycles. The molecule has 1 unspecified atom stereocenters. The molecule has 0 saturated heterocycles. The van der Waals surface area contributed by atoms with Gasteiger partial charge in [-0.3, -0.25) is 4.79 Å². The normalized spacial score (nSPS) is 14.3. The van der Waals surface area contributed by atoms with Gasteiger partial charge < -0.3 is 10.2 Å². The second kappa shape index (κ2) is 10.7. The van der Waals surface area contributed by atoms with E-state index < -0.39 is 0 Å². The van der Waals surface area contributed by atoms with Crippen molar-refractivity contribution < 1.29 is 15.0 Å². The molecule has 2 N–H and O–H groups in total. The number of aliphatic hydroxyl groups is 2. The number of Topliss-reactive ketones (excluding diaryl/α,β-unsaturated/α-hetero) is 1. The zero-order valence-electron chi connectivity index (χ0n) is 16.3. The van der Waals surface area contributed by atoms with Crippen LogP contribution in [0.5, 0.6) is 0 Å². The first kappa shape index (κ1) is 21.9. The van der Waals surface area contributed by atoms with E-state index >= 15 is 0 Å². The molecule has 1 rings (SSSR count). The summed E-state index contributed by atoms with van der Waals surface area (Å²) < 4.78 is 0. The van der Waals surface area contributed by atoms with Gasteiger partial charge in [-0.05, 0) is 36.7 Å². The van der Waals surface area contributed by atoms with E-state index in [0.29, 0.717) is 18.6 Å². The molecule has 0 aliphatic rings. The highest BCUT2D eigenvalue weighted by molar-refractivity contribution is 5.78. The highest BCUT2D eigenvalue weighted by Gasteiger charge is 2.25. The zero-order valence-corrected chi connectivity index (χ0v) is 16.3. The lowest BCUT2D eigenvalue weighted by atomic mass is 9.79. The molecule has 142 valence electrons. The molecule has 0 spiro atoms. The van der Waals surface area contributed by atoms with E-state index in [1.54, 1.807) is 0 Å². The summed E-state index contributed by atoms with van der Waals surface area (Å²) in [5.74, 6) is 0.340. The standard InChI is InChI=1S/C22H36O3/c1-21(2,17-23)15-9-7-13-20(25)14-8-10-16-22(3,18-24)19-11-5-4-6-12-19/h4-6,11-12,23-24H,7-10,13-18H2,1-3H3. The molecule has 0 aromatic heterocycles. The molecule has 0 radical (unpaired) electrons. The van der Waals surface area contributed by atoms with E-state index in [9.17, 15) is 15.0 Å². The summed E-state index contributed by atoms with van der Waals surface area (Å²) in [4.78, 5) is 12.0. The maximum atomic E-state index is 12.0. The van der Waals surface area contributed by atoms with E-state index in [0.717, 1.165) is 44.1 Å². The van der Waals surface area contributed by atoms with E-state index in [4.69, 9.17) is 0 Å². The number of carbonyl (C=O) groups is 1. The second-order valence-electron chi connectivity index (χ2n) is 8.36. The number of hydrogen-bond donors (Lipinski definition) is 2. The van der Waals surface area contributed by atoms with Crippen LogP contribution in [0.25, 0.3) is 0 Å². The lowest BCUT2D eigenvalue weighted by molar-refractivity contribution is -0.119. The Morgan fingerprint density at radius 3 is 1.92 bits per heavy atom. The molecule has 0 bridgehead atoms. The van der Waals surface area contributed by atoms with Crippen molar-refractivity contribution in [1.82, 2.24) is 0 Å². The second-order valence-corrected chi connectivity index (χ2v) is 8.36. The summed E-state index contributed by atoms with van der Waals surface area (Å²) in [6.07, 6.45) is 6.90. The Hall–Kier alpha value is -1.19. The fourth-order valence-electron chi connectivity index (χ4n) is 3.12. The van der Waals surface area contributed by atoms with Crippen LogP contribution in [0.2, 0.25) is 0 Å². The quantitative estimate of drug-likeness (QED) is 0.510. The summed E-state index contributed by atoms with van der Waals surface area (Å²) in [6.45, 7) is 6.53. The Kier molecular flexibility index (Phi) is 9.37. The first-order valence-electron chi connectivity index (χ1n) is 9.62. The number of rotatable bonds is 13. The predicted octanol–water partition coefficient (Wildman–Crippen LogP) is 4.65. The lowest BCUT2D eigenvalue weighted by Gasteiger charge is -2.28. The van der Waals surface area contributed by atoms with Crippen LogP contribution >= 0.6 is 0 Å². The third-order valence-electron chi connectivity index (χ3n) is 5.24. The number of carbonyl (C=O) groups excluding carboxylic acids is 1. The van der Waals surface area contributed by atoms with Gasteiger partial charge in [0, 0.05) is 24.9 Å². The minimum atomic E-state index is -0.222. The van der Waals surface area contributed by atoms with Crippen molar-refractivity contribution in [3.8, 4) is 0 Å². The fourth-order valence-corrected chi connectivity index (χ4v) is 3.12. The molecule has 1 aromatic carbocycles. The highest BCUT2D eigenvalue weighted by atomic mass is 16.3. The van der Waals surface area contributed by atoms with Crippen molar-refractivity contribution in [3.05, 3.63) is 35.9 Å². The number of hydrogen-bond acceptors (Lipinski definition) is 3. The Balaban J connectivity index is 2.23. The zero-order chi connectivity index (χ0) is 18.8. The van der Waals surface area contributed by atoms with Crippen LogP contribution in [0.15, 0.2) is 30.3 Å². The van der Waals surface area contributed by atoms with Gasteiger partial charge in [0.15, 0.2) is 0 Å². The van der Waals surface area contributed by atoms with Gasteiger partial charge in [0.1, 0.15) is 5.78 Å². The Labute approximate surface area is 153 Å². The minimum absolute atomic E-state index is 0.0325. The van der Waals surface area contributed by atoms with Gasteiger partial charge in [-0.2, -0.15) is 0 Å². The van der Waals surface area contributed by atoms with Crippen molar-refractivity contribution in [1.29, 1.82) is 0 Å². The van der Waals surface area contributed by atoms with Gasteiger partial charge in [-0.25, -0.2) is 0 Å². The first-order chi connectivity index (χ1) is 11.8. The van der Waals surface area contributed by atoms with E-state index in [2.05, 4.69) is 32.9 Å². The Bertz CT molecular complexity index is 495. The Morgan fingerprint density at radius 2 is 1.40 bits per heavy atom. The Morgan fingerprint density at radius 1 is 0.840 bits per heavy atom. The van der Waals surface area contributed by atoms with Crippen LogP contribution in [0, 0.1) is 5.41 Å². The number of aliphatic hydroxyl groups excluding tert-OH is 2. The number of ketones is 1. The maximum absolute atomic E-state index is 12.0. The summed E-state index contributed by atoms with van der Waals surface area (Å²) in [6, 6.07) is 10.1. The van der Waals surface area contributed by atoms with Gasteiger partial charge in [0.25, 0.3) is 0 Å². The average Bonchev–Trinajstić information content (AvgIpc) is 2.63. The molecule has 0 aliphatic carbocycles. The van der Waals surface area contributed by atoms with Crippen LogP contribution in [0.4, 0.5) is 0 Å². The predicted molar refractivity (Wildman–Crippen MR) is 104 cm³/mol. The minimum Gasteiger partial charge on any atom is -0.396 e. The molecule has 1 atom stereocenters. The van der Waals surface area contributed by atoms with Crippen LogP contribution in [-0.2, 0) is 10.2 Å². The largest absolute Gasteiger partial charge is 0.396 e. The molecule has 1 aromatic rings. The smallest absolute Gasteiger partial charge is 0.132 e. The summed E-state index contributed by atoms with van der Waals surface area (Å²) >= 11 is 0. The van der Waals surface area contributed by atoms with Crippen molar-refractivity contribution in [2.75, 3.05) is 13.2 Å². The molecule has 0 amide bonds. The molecular weight excluding hydrogens is 312 g/mol. The molecule has 0 aliphatic heterocycles. The van der Waals surface area contributed by atoms with Gasteiger partial charge in [0.2, 0.25) is 0 Å². The van der Waals surface area contributed by atoms with Gasteiger partial charge in [-0.15, -0.1) is 0 Å². The molecule has 0 fully saturated rings. The van der Waals surface area contributed by atoms with E-state index in [1.165, 1.54) is 0 Å². The van der Waals surface area contributed by atoms with E-state index in [-0.39, 0.29) is 24.0 Å². The summed E-state index contributed by atoms with van der Waals surface area (Å²) in [7, 11) is 0. The molecule has 3 nitrogen and oxygen atoms in total. The molecular formula is C22H36O3. The topological polar surface area (TPSA) is 57.5 Å². The summed E-state index contributed by atoms with van der Waals surface area (Å²) in [5, 5.41) is 19.0. The van der Waals surface area contributed by atoms with Crippen molar-refractivity contribution in [3.63, 3.8) is 0 Å².